The third kappa shape index (κ3) is 4.24. The highest BCUT2D eigenvalue weighted by molar-refractivity contribution is 7.90. The van der Waals surface area contributed by atoms with E-state index >= 15 is 0 Å². The maximum Gasteiger partial charge on any atom is 0.253 e. The monoisotopic (exact) mass is 276 g/mol. The molecule has 1 aliphatic rings. The smallest absolute Gasteiger partial charge is 0.253 e. The molecule has 0 bridgehead atoms. The zero-order valence-electron chi connectivity index (χ0n) is 11.2. The molecule has 0 spiro atoms. The van der Waals surface area contributed by atoms with Crippen LogP contribution in [0.5, 0.6) is 0 Å². The van der Waals surface area contributed by atoms with E-state index in [1.807, 2.05) is 6.92 Å². The highest BCUT2D eigenvalue weighted by Gasteiger charge is 2.36. The molecule has 0 aromatic carbocycles. The summed E-state index contributed by atoms with van der Waals surface area (Å²) in [4.78, 5) is 12.0. The number of sulfonamides is 1. The Balaban J connectivity index is 2.84. The molecule has 0 aromatic rings. The Labute approximate surface area is 110 Å². The number of carbonyl (C=O) groups excluding carboxylic acids is 1. The van der Waals surface area contributed by atoms with E-state index in [-0.39, 0.29) is 11.7 Å². The van der Waals surface area contributed by atoms with Crippen molar-refractivity contribution in [3.8, 4) is 0 Å². The molecule has 0 aromatic heterocycles. The van der Waals surface area contributed by atoms with E-state index in [0.717, 1.165) is 32.1 Å². The molecule has 3 N–H and O–H groups in total. The van der Waals surface area contributed by atoms with Crippen LogP contribution in [0.2, 0.25) is 0 Å². The van der Waals surface area contributed by atoms with Crippen molar-refractivity contribution in [2.45, 2.75) is 57.9 Å². The number of nitrogens with two attached hydrogens (primary N) is 1. The van der Waals surface area contributed by atoms with Crippen molar-refractivity contribution < 1.29 is 13.2 Å². The van der Waals surface area contributed by atoms with Crippen LogP contribution in [-0.2, 0) is 14.8 Å². The van der Waals surface area contributed by atoms with Crippen molar-refractivity contribution >= 4 is 15.9 Å². The predicted molar refractivity (Wildman–Crippen MR) is 71.4 cm³/mol. The van der Waals surface area contributed by atoms with Crippen LogP contribution < -0.4 is 10.5 Å². The van der Waals surface area contributed by atoms with E-state index in [9.17, 15) is 13.2 Å². The summed E-state index contributed by atoms with van der Waals surface area (Å²) in [6, 6.07) is 0. The molecule has 2 atom stereocenters. The first-order valence-corrected chi connectivity index (χ1v) is 8.25. The molecule has 1 heterocycles. The normalized spacial score (nSPS) is 35.1. The Kier molecular flexibility index (Phi) is 5.16. The Morgan fingerprint density at radius 3 is 2.44 bits per heavy atom. The van der Waals surface area contributed by atoms with Crippen LogP contribution in [-0.4, -0.2) is 25.6 Å². The molecule has 5 nitrogen and oxygen atoms in total. The summed E-state index contributed by atoms with van der Waals surface area (Å²) in [6.07, 6.45) is 5.48. The quantitative estimate of drug-likeness (QED) is 0.694. The Morgan fingerprint density at radius 1 is 1.22 bits per heavy atom. The number of carbonyl (C=O) groups is 1. The minimum Gasteiger partial charge on any atom is -0.317 e. The molecule has 1 saturated heterocycles. The van der Waals surface area contributed by atoms with Crippen molar-refractivity contribution in [2.75, 3.05) is 5.75 Å². The molecule has 0 saturated carbocycles. The van der Waals surface area contributed by atoms with Gasteiger partial charge in [0.2, 0.25) is 10.0 Å². The van der Waals surface area contributed by atoms with Gasteiger partial charge in [0.1, 0.15) is 0 Å². The lowest BCUT2D eigenvalue weighted by Gasteiger charge is -2.30. The lowest BCUT2D eigenvalue weighted by atomic mass is 9.83. The second kappa shape index (κ2) is 6.02. The van der Waals surface area contributed by atoms with Gasteiger partial charge < -0.3 is 5.73 Å². The van der Waals surface area contributed by atoms with Crippen molar-refractivity contribution in [1.29, 1.82) is 0 Å². The highest BCUT2D eigenvalue weighted by Crippen LogP contribution is 2.22. The van der Waals surface area contributed by atoms with Gasteiger partial charge in [-0.15, -0.1) is 0 Å². The summed E-state index contributed by atoms with van der Waals surface area (Å²) >= 11 is 0. The summed E-state index contributed by atoms with van der Waals surface area (Å²) in [5.74, 6) is -0.619. The van der Waals surface area contributed by atoms with E-state index in [4.69, 9.17) is 5.73 Å². The molecule has 1 fully saturated rings. The molecule has 1 aliphatic heterocycles. The molecule has 1 rings (SSSR count). The van der Waals surface area contributed by atoms with Crippen LogP contribution >= 0.6 is 0 Å². The standard InChI is InChI=1S/C12H24N2O3S/c1-10-8-6-4-3-5-7-9-18(16,17)14-11(15)12(10,2)13/h10H,3-9,13H2,1-2H3,(H,14,15)/t10-,12+/m0/s1. The van der Waals surface area contributed by atoms with Gasteiger partial charge in [-0.05, 0) is 25.7 Å². The maximum atomic E-state index is 12.0. The fraction of sp³-hybridized carbons (Fsp3) is 0.917. The molecule has 18 heavy (non-hydrogen) atoms. The highest BCUT2D eigenvalue weighted by atomic mass is 32.2. The maximum absolute atomic E-state index is 12.0. The van der Waals surface area contributed by atoms with Crippen molar-refractivity contribution in [3.63, 3.8) is 0 Å². The van der Waals surface area contributed by atoms with E-state index in [0.29, 0.717) is 6.42 Å². The van der Waals surface area contributed by atoms with Gasteiger partial charge in [0.25, 0.3) is 5.91 Å². The van der Waals surface area contributed by atoms with Crippen LogP contribution in [0.25, 0.3) is 0 Å². The second-order valence-corrected chi connectivity index (χ2v) is 7.33. The van der Waals surface area contributed by atoms with Crippen molar-refractivity contribution in [2.24, 2.45) is 11.7 Å². The van der Waals surface area contributed by atoms with Crippen LogP contribution in [0, 0.1) is 5.92 Å². The van der Waals surface area contributed by atoms with Gasteiger partial charge in [0.15, 0.2) is 0 Å². The van der Waals surface area contributed by atoms with Gasteiger partial charge in [0, 0.05) is 0 Å². The Morgan fingerprint density at radius 2 is 1.78 bits per heavy atom. The van der Waals surface area contributed by atoms with Crippen molar-refractivity contribution in [3.05, 3.63) is 0 Å². The van der Waals surface area contributed by atoms with Gasteiger partial charge >= 0.3 is 0 Å². The van der Waals surface area contributed by atoms with Crippen LogP contribution in [0.4, 0.5) is 0 Å². The molecular weight excluding hydrogens is 252 g/mol. The lowest BCUT2D eigenvalue weighted by Crippen LogP contribution is -2.57. The Hall–Kier alpha value is -0.620. The zero-order valence-corrected chi connectivity index (χ0v) is 12.1. The fourth-order valence-electron chi connectivity index (χ4n) is 2.10. The fourth-order valence-corrected chi connectivity index (χ4v) is 3.29. The number of nitrogens with one attached hydrogen (secondary N) is 1. The predicted octanol–water partition coefficient (Wildman–Crippen LogP) is 1.14. The van der Waals surface area contributed by atoms with Crippen LogP contribution in [0.3, 0.4) is 0 Å². The third-order valence-corrected chi connectivity index (χ3v) is 5.13. The van der Waals surface area contributed by atoms with E-state index < -0.39 is 21.5 Å². The van der Waals surface area contributed by atoms with E-state index in [1.54, 1.807) is 6.92 Å². The first-order valence-electron chi connectivity index (χ1n) is 6.59. The van der Waals surface area contributed by atoms with Gasteiger partial charge in [-0.25, -0.2) is 8.42 Å². The molecule has 6 heteroatoms. The molecular formula is C12H24N2O3S. The van der Waals surface area contributed by atoms with Crippen LogP contribution in [0.15, 0.2) is 0 Å². The lowest BCUT2D eigenvalue weighted by molar-refractivity contribution is -0.125. The Bertz CT molecular complexity index is 390. The molecule has 106 valence electrons. The molecule has 1 amide bonds. The number of rotatable bonds is 0. The average molecular weight is 276 g/mol. The summed E-state index contributed by atoms with van der Waals surface area (Å²) in [5.41, 5.74) is 4.86. The number of amides is 1. The van der Waals surface area contributed by atoms with Crippen molar-refractivity contribution in [1.82, 2.24) is 4.72 Å². The van der Waals surface area contributed by atoms with Gasteiger partial charge in [0.05, 0.1) is 11.3 Å². The van der Waals surface area contributed by atoms with Gasteiger partial charge in [-0.1, -0.05) is 32.6 Å². The zero-order chi connectivity index (χ0) is 13.8. The topological polar surface area (TPSA) is 89.3 Å². The number of hydrogen-bond donors (Lipinski definition) is 2. The van der Waals surface area contributed by atoms with E-state index in [2.05, 4.69) is 4.72 Å². The summed E-state index contributed by atoms with van der Waals surface area (Å²) < 4.78 is 25.5. The van der Waals surface area contributed by atoms with Crippen LogP contribution in [0.1, 0.15) is 52.4 Å². The van der Waals surface area contributed by atoms with Gasteiger partial charge in [-0.3, -0.25) is 9.52 Å². The first kappa shape index (κ1) is 15.4. The SMILES string of the molecule is C[C@H]1CCCCCCCS(=O)(=O)NC(=O)[C@]1(C)N. The summed E-state index contributed by atoms with van der Waals surface area (Å²) in [7, 11) is -3.53. The molecule has 0 aliphatic carbocycles. The first-order chi connectivity index (χ1) is 8.26. The average Bonchev–Trinajstić information content (AvgIpc) is 2.25. The third-order valence-electron chi connectivity index (χ3n) is 3.81. The second-order valence-electron chi connectivity index (χ2n) is 5.49. The summed E-state index contributed by atoms with van der Waals surface area (Å²) in [6.45, 7) is 3.51. The molecule has 0 radical (unpaired) electrons. The minimum atomic E-state index is -3.53. The van der Waals surface area contributed by atoms with Gasteiger partial charge in [-0.2, -0.15) is 0 Å². The molecule has 0 unspecified atom stereocenters. The largest absolute Gasteiger partial charge is 0.317 e. The minimum absolute atomic E-state index is 0.00318. The van der Waals surface area contributed by atoms with E-state index in [1.165, 1.54) is 0 Å². The number of hydrogen-bond acceptors (Lipinski definition) is 4. The summed E-state index contributed by atoms with van der Waals surface area (Å²) in [5, 5.41) is 0.